The normalized spacial score (nSPS) is 29.6. The van der Waals surface area contributed by atoms with Crippen LogP contribution in [-0.4, -0.2) is 61.0 Å². The monoisotopic (exact) mass is 249 g/mol. The minimum absolute atomic E-state index is 0.359. The summed E-state index contributed by atoms with van der Waals surface area (Å²) in [5.41, 5.74) is 0. The number of amides is 1. The molecule has 0 aromatic carbocycles. The average Bonchev–Trinajstić information content (AvgIpc) is 2.81. The fraction of sp³-hybridized carbons (Fsp3) is 0.786. The molecule has 0 spiro atoms. The topological polar surface area (TPSA) is 35.6 Å². The number of nitrogens with one attached hydrogen (secondary N) is 1. The fourth-order valence-corrected chi connectivity index (χ4v) is 3.16. The Bertz CT molecular complexity index is 330. The molecular formula is C14H23N3O. The lowest BCUT2D eigenvalue weighted by atomic mass is 10.0. The first-order chi connectivity index (χ1) is 8.83. The summed E-state index contributed by atoms with van der Waals surface area (Å²) in [5, 5.41) is 3.37. The third kappa shape index (κ3) is 2.59. The largest absolute Gasteiger partial charge is 0.339 e. The van der Waals surface area contributed by atoms with Gasteiger partial charge < -0.3 is 10.2 Å². The van der Waals surface area contributed by atoms with Crippen molar-refractivity contribution in [2.45, 2.75) is 25.3 Å². The molecule has 100 valence electrons. The zero-order chi connectivity index (χ0) is 12.4. The van der Waals surface area contributed by atoms with Crippen LogP contribution in [0.5, 0.6) is 0 Å². The van der Waals surface area contributed by atoms with Gasteiger partial charge >= 0.3 is 0 Å². The van der Waals surface area contributed by atoms with Gasteiger partial charge in [0.25, 0.3) is 0 Å². The average molecular weight is 249 g/mol. The molecule has 2 fully saturated rings. The van der Waals surface area contributed by atoms with Gasteiger partial charge in [-0.3, -0.25) is 9.69 Å². The Hall–Kier alpha value is -0.870. The summed E-state index contributed by atoms with van der Waals surface area (Å²) in [4.78, 5) is 16.6. The van der Waals surface area contributed by atoms with Crippen molar-refractivity contribution in [1.82, 2.24) is 15.1 Å². The summed E-state index contributed by atoms with van der Waals surface area (Å²) in [5.74, 6) is 0.869. The Kier molecular flexibility index (Phi) is 3.66. The zero-order valence-electron chi connectivity index (χ0n) is 11.0. The van der Waals surface area contributed by atoms with Crippen LogP contribution in [0, 0.1) is 5.92 Å². The molecule has 0 aromatic heterocycles. The molecular weight excluding hydrogens is 226 g/mol. The number of rotatable bonds is 3. The molecule has 0 bridgehead atoms. The number of hydrogen-bond acceptors (Lipinski definition) is 3. The molecule has 4 heteroatoms. The number of piperazine rings is 1. The minimum Gasteiger partial charge on any atom is -0.339 e. The van der Waals surface area contributed by atoms with Crippen molar-refractivity contribution in [1.29, 1.82) is 0 Å². The van der Waals surface area contributed by atoms with Gasteiger partial charge in [0.15, 0.2) is 0 Å². The molecule has 4 nitrogen and oxygen atoms in total. The molecule has 2 heterocycles. The SMILES string of the molecule is O=C(CC1C=CCC1)N1CC(N2CCNCC2)C1. The van der Waals surface area contributed by atoms with Crippen LogP contribution in [0.1, 0.15) is 19.3 Å². The van der Waals surface area contributed by atoms with Crippen molar-refractivity contribution in [3.05, 3.63) is 12.2 Å². The maximum absolute atomic E-state index is 12.1. The molecule has 3 rings (SSSR count). The Morgan fingerprint density at radius 3 is 2.72 bits per heavy atom. The third-order valence-electron chi connectivity index (χ3n) is 4.43. The standard InChI is InChI=1S/C14H23N3O/c18-14(9-12-3-1-2-4-12)17-10-13(11-17)16-7-5-15-6-8-16/h1,3,12-13,15H,2,4-11H2. The van der Waals surface area contributed by atoms with Gasteiger partial charge in [-0.25, -0.2) is 0 Å². The Labute approximate surface area is 109 Å². The molecule has 1 amide bonds. The van der Waals surface area contributed by atoms with Gasteiger partial charge in [-0.15, -0.1) is 0 Å². The quantitative estimate of drug-likeness (QED) is 0.738. The van der Waals surface area contributed by atoms with E-state index < -0.39 is 0 Å². The lowest BCUT2D eigenvalue weighted by Gasteiger charge is -2.47. The van der Waals surface area contributed by atoms with Crippen molar-refractivity contribution >= 4 is 5.91 Å². The van der Waals surface area contributed by atoms with Crippen LogP contribution in [-0.2, 0) is 4.79 Å². The minimum atomic E-state index is 0.359. The first-order valence-corrected chi connectivity index (χ1v) is 7.22. The molecule has 2 aliphatic heterocycles. The van der Waals surface area contributed by atoms with Crippen LogP contribution in [0.4, 0.5) is 0 Å². The van der Waals surface area contributed by atoms with E-state index in [4.69, 9.17) is 0 Å². The molecule has 2 saturated heterocycles. The molecule has 1 N–H and O–H groups in total. The van der Waals surface area contributed by atoms with E-state index >= 15 is 0 Å². The summed E-state index contributed by atoms with van der Waals surface area (Å²) < 4.78 is 0. The molecule has 0 radical (unpaired) electrons. The Morgan fingerprint density at radius 1 is 1.28 bits per heavy atom. The van der Waals surface area contributed by atoms with Crippen LogP contribution >= 0.6 is 0 Å². The van der Waals surface area contributed by atoms with Crippen LogP contribution in [0.2, 0.25) is 0 Å². The highest BCUT2D eigenvalue weighted by Crippen LogP contribution is 2.23. The van der Waals surface area contributed by atoms with E-state index in [0.717, 1.165) is 52.1 Å². The lowest BCUT2D eigenvalue weighted by Crippen LogP contribution is -2.64. The second kappa shape index (κ2) is 5.41. The number of nitrogens with zero attached hydrogens (tertiary/aromatic N) is 2. The van der Waals surface area contributed by atoms with Gasteiger partial charge in [-0.05, 0) is 18.8 Å². The van der Waals surface area contributed by atoms with Crippen molar-refractivity contribution in [3.63, 3.8) is 0 Å². The van der Waals surface area contributed by atoms with E-state index in [2.05, 4.69) is 22.4 Å². The Balaban J connectivity index is 1.40. The Morgan fingerprint density at radius 2 is 2.06 bits per heavy atom. The molecule has 3 aliphatic rings. The molecule has 0 saturated carbocycles. The lowest BCUT2D eigenvalue weighted by molar-refractivity contribution is -0.139. The number of carbonyl (C=O) groups excluding carboxylic acids is 1. The number of allylic oxidation sites excluding steroid dienone is 2. The van der Waals surface area contributed by atoms with Gasteiger partial charge in [0.2, 0.25) is 5.91 Å². The van der Waals surface area contributed by atoms with E-state index in [1.165, 1.54) is 6.42 Å². The van der Waals surface area contributed by atoms with Gasteiger partial charge in [-0.1, -0.05) is 12.2 Å². The predicted molar refractivity (Wildman–Crippen MR) is 71.3 cm³/mol. The summed E-state index contributed by atoms with van der Waals surface area (Å²) in [7, 11) is 0. The van der Waals surface area contributed by atoms with E-state index in [9.17, 15) is 4.79 Å². The fourth-order valence-electron chi connectivity index (χ4n) is 3.16. The highest BCUT2D eigenvalue weighted by atomic mass is 16.2. The van der Waals surface area contributed by atoms with Crippen molar-refractivity contribution in [2.75, 3.05) is 39.3 Å². The van der Waals surface area contributed by atoms with E-state index in [1.54, 1.807) is 0 Å². The maximum Gasteiger partial charge on any atom is 0.223 e. The number of likely N-dealkylation sites (tertiary alicyclic amines) is 1. The maximum atomic E-state index is 12.1. The second-order valence-corrected chi connectivity index (χ2v) is 5.71. The van der Waals surface area contributed by atoms with Crippen molar-refractivity contribution in [2.24, 2.45) is 5.92 Å². The van der Waals surface area contributed by atoms with Crippen LogP contribution in [0.3, 0.4) is 0 Å². The van der Waals surface area contributed by atoms with Crippen LogP contribution < -0.4 is 5.32 Å². The van der Waals surface area contributed by atoms with Gasteiger partial charge in [0, 0.05) is 51.7 Å². The van der Waals surface area contributed by atoms with Gasteiger partial charge in [0.1, 0.15) is 0 Å². The highest BCUT2D eigenvalue weighted by Gasteiger charge is 2.35. The highest BCUT2D eigenvalue weighted by molar-refractivity contribution is 5.77. The van der Waals surface area contributed by atoms with E-state index in [-0.39, 0.29) is 0 Å². The number of carbonyl (C=O) groups is 1. The summed E-state index contributed by atoms with van der Waals surface area (Å²) >= 11 is 0. The van der Waals surface area contributed by atoms with E-state index in [1.807, 2.05) is 4.90 Å². The second-order valence-electron chi connectivity index (χ2n) is 5.71. The van der Waals surface area contributed by atoms with Gasteiger partial charge in [0.05, 0.1) is 0 Å². The molecule has 1 atom stereocenters. The zero-order valence-corrected chi connectivity index (χ0v) is 11.0. The molecule has 18 heavy (non-hydrogen) atoms. The van der Waals surface area contributed by atoms with E-state index in [0.29, 0.717) is 17.9 Å². The first kappa shape index (κ1) is 12.2. The third-order valence-corrected chi connectivity index (χ3v) is 4.43. The van der Waals surface area contributed by atoms with Crippen LogP contribution in [0.15, 0.2) is 12.2 Å². The van der Waals surface area contributed by atoms with Gasteiger partial charge in [-0.2, -0.15) is 0 Å². The smallest absolute Gasteiger partial charge is 0.223 e. The first-order valence-electron chi connectivity index (χ1n) is 7.22. The predicted octanol–water partition coefficient (Wildman–Crippen LogP) is 0.459. The summed E-state index contributed by atoms with van der Waals surface area (Å²) in [6.45, 7) is 6.37. The van der Waals surface area contributed by atoms with Crippen LogP contribution in [0.25, 0.3) is 0 Å². The van der Waals surface area contributed by atoms with Crippen molar-refractivity contribution < 1.29 is 4.79 Å². The van der Waals surface area contributed by atoms with Crippen molar-refractivity contribution in [3.8, 4) is 0 Å². The molecule has 1 unspecified atom stereocenters. The summed E-state index contributed by atoms with van der Waals surface area (Å²) in [6.07, 6.45) is 7.47. The molecule has 1 aliphatic carbocycles. The molecule has 0 aromatic rings. The summed E-state index contributed by atoms with van der Waals surface area (Å²) in [6, 6.07) is 0.621. The number of hydrogen-bond donors (Lipinski definition) is 1.